The minimum absolute atomic E-state index is 0.307. The highest BCUT2D eigenvalue weighted by molar-refractivity contribution is 7.89. The number of piperazine rings is 1. The second-order valence-electron chi connectivity index (χ2n) is 9.19. The van der Waals surface area contributed by atoms with Crippen molar-refractivity contribution in [3.8, 4) is 5.75 Å². The predicted octanol–water partition coefficient (Wildman–Crippen LogP) is 5.08. The topological polar surface area (TPSA) is 85.1 Å². The molecule has 7 nitrogen and oxygen atoms in total. The van der Waals surface area contributed by atoms with Crippen LogP contribution in [0.4, 0.5) is 5.69 Å². The first-order chi connectivity index (χ1) is 18.9. The lowest BCUT2D eigenvalue weighted by Crippen LogP contribution is -2.49. The lowest BCUT2D eigenvalue weighted by atomic mass is 10.1. The Balaban J connectivity index is 1.38. The highest BCUT2D eigenvalue weighted by atomic mass is 32.2. The Morgan fingerprint density at radius 2 is 1.44 bits per heavy atom. The van der Waals surface area contributed by atoms with Gasteiger partial charge < -0.3 is 15.2 Å². The number of anilines is 1. The number of nitrogen functional groups attached to an aromatic ring is 1. The fourth-order valence-electron chi connectivity index (χ4n) is 4.31. The molecule has 1 fully saturated rings. The number of ether oxygens (including phenoxy) is 2. The lowest BCUT2D eigenvalue weighted by molar-refractivity contribution is 0.142. The maximum absolute atomic E-state index is 13.1. The molecule has 204 valence electrons. The van der Waals surface area contributed by atoms with Crippen LogP contribution in [0.15, 0.2) is 84.5 Å². The molecule has 1 aliphatic heterocycles. The van der Waals surface area contributed by atoms with Crippen LogP contribution < -0.4 is 10.5 Å². The average molecular weight is 546 g/mol. The zero-order chi connectivity index (χ0) is 27.7. The summed E-state index contributed by atoms with van der Waals surface area (Å²) in [5, 5.41) is 0. The Kier molecular flexibility index (Phi) is 9.59. The molecule has 1 heterocycles. The van der Waals surface area contributed by atoms with E-state index in [-0.39, 0.29) is 0 Å². The summed E-state index contributed by atoms with van der Waals surface area (Å²) in [6.45, 7) is 7.15. The van der Waals surface area contributed by atoms with E-state index in [1.807, 2.05) is 78.9 Å². The fourth-order valence-corrected chi connectivity index (χ4v) is 5.74. The number of benzene rings is 3. The molecular formula is C31H35N3O4S. The lowest BCUT2D eigenvalue weighted by Gasteiger charge is -2.33. The molecule has 3 aromatic carbocycles. The zero-order valence-electron chi connectivity index (χ0n) is 22.2. The molecule has 0 bridgehead atoms. The molecule has 4 rings (SSSR count). The van der Waals surface area contributed by atoms with Gasteiger partial charge in [0.15, 0.2) is 0 Å². The van der Waals surface area contributed by atoms with Gasteiger partial charge in [-0.3, -0.25) is 4.90 Å². The van der Waals surface area contributed by atoms with Crippen LogP contribution >= 0.6 is 0 Å². The van der Waals surface area contributed by atoms with E-state index in [4.69, 9.17) is 15.2 Å². The van der Waals surface area contributed by atoms with E-state index in [1.54, 1.807) is 23.5 Å². The molecule has 39 heavy (non-hydrogen) atoms. The van der Waals surface area contributed by atoms with Gasteiger partial charge in [0.25, 0.3) is 0 Å². The Hall–Kier alpha value is -3.85. The van der Waals surface area contributed by atoms with E-state index in [2.05, 4.69) is 11.5 Å². The molecule has 3 aromatic rings. The predicted molar refractivity (Wildman–Crippen MR) is 159 cm³/mol. The second-order valence-corrected chi connectivity index (χ2v) is 11.1. The molecule has 1 saturated heterocycles. The molecule has 0 atom stereocenters. The van der Waals surface area contributed by atoms with Gasteiger partial charge in [-0.2, -0.15) is 4.31 Å². The van der Waals surface area contributed by atoms with Gasteiger partial charge in [-0.1, -0.05) is 67.3 Å². The van der Waals surface area contributed by atoms with Crippen LogP contribution in [-0.4, -0.2) is 64.1 Å². The SMILES string of the molecule is C=COCCN1CCN(S(=O)(=O)c2ccc(/C=C/c3ccc(/C=C/c4ccc(N)cc4)c(OC)c3)cc2)CC1. The number of nitrogens with zero attached hydrogens (tertiary/aromatic N) is 2. The van der Waals surface area contributed by atoms with Crippen LogP contribution in [0.3, 0.4) is 0 Å². The van der Waals surface area contributed by atoms with E-state index in [9.17, 15) is 8.42 Å². The number of sulfonamides is 1. The molecule has 1 aliphatic rings. The summed E-state index contributed by atoms with van der Waals surface area (Å²) in [7, 11) is -1.88. The van der Waals surface area contributed by atoms with Crippen LogP contribution in [0, 0.1) is 0 Å². The maximum atomic E-state index is 13.1. The number of rotatable bonds is 11. The highest BCUT2D eigenvalue weighted by Crippen LogP contribution is 2.25. The van der Waals surface area contributed by atoms with Gasteiger partial charge in [0.2, 0.25) is 10.0 Å². The minimum Gasteiger partial charge on any atom is -0.500 e. The molecule has 2 N–H and O–H groups in total. The van der Waals surface area contributed by atoms with Crippen molar-refractivity contribution in [1.29, 1.82) is 0 Å². The van der Waals surface area contributed by atoms with E-state index < -0.39 is 10.0 Å². The second kappa shape index (κ2) is 13.3. The van der Waals surface area contributed by atoms with Crippen molar-refractivity contribution in [1.82, 2.24) is 9.21 Å². The van der Waals surface area contributed by atoms with Crippen molar-refractivity contribution in [2.24, 2.45) is 0 Å². The summed E-state index contributed by atoms with van der Waals surface area (Å²) in [6.07, 6.45) is 9.39. The normalized spacial score (nSPS) is 15.1. The molecule has 0 radical (unpaired) electrons. The van der Waals surface area contributed by atoms with Crippen molar-refractivity contribution < 1.29 is 17.9 Å². The van der Waals surface area contributed by atoms with Crippen LogP contribution in [-0.2, 0) is 14.8 Å². The number of hydrogen-bond acceptors (Lipinski definition) is 6. The van der Waals surface area contributed by atoms with Gasteiger partial charge in [-0.05, 0) is 47.0 Å². The molecule has 0 saturated carbocycles. The van der Waals surface area contributed by atoms with Crippen LogP contribution in [0.1, 0.15) is 22.3 Å². The third-order valence-corrected chi connectivity index (χ3v) is 8.52. The van der Waals surface area contributed by atoms with Crippen LogP contribution in [0.25, 0.3) is 24.3 Å². The summed E-state index contributed by atoms with van der Waals surface area (Å²) in [5.74, 6) is 0.763. The van der Waals surface area contributed by atoms with Gasteiger partial charge in [0.1, 0.15) is 5.75 Å². The van der Waals surface area contributed by atoms with Crippen molar-refractivity contribution >= 4 is 40.0 Å². The van der Waals surface area contributed by atoms with E-state index >= 15 is 0 Å². The molecule has 8 heteroatoms. The van der Waals surface area contributed by atoms with Gasteiger partial charge in [0.05, 0.1) is 24.9 Å². The summed E-state index contributed by atoms with van der Waals surface area (Å²) < 4.78 is 38.6. The third kappa shape index (κ3) is 7.60. The molecule has 0 aliphatic carbocycles. The van der Waals surface area contributed by atoms with E-state index in [0.717, 1.165) is 40.2 Å². The molecular weight excluding hydrogens is 510 g/mol. The molecule has 0 unspecified atom stereocenters. The van der Waals surface area contributed by atoms with Gasteiger partial charge >= 0.3 is 0 Å². The monoisotopic (exact) mass is 545 g/mol. The summed E-state index contributed by atoms with van der Waals surface area (Å²) in [6, 6.07) is 20.7. The Bertz CT molecular complexity index is 1410. The first-order valence-electron chi connectivity index (χ1n) is 12.8. The summed E-state index contributed by atoms with van der Waals surface area (Å²) in [5.41, 5.74) is 10.4. The average Bonchev–Trinajstić information content (AvgIpc) is 2.96. The summed E-state index contributed by atoms with van der Waals surface area (Å²) in [4.78, 5) is 2.50. The van der Waals surface area contributed by atoms with Crippen molar-refractivity contribution in [3.63, 3.8) is 0 Å². The van der Waals surface area contributed by atoms with Crippen LogP contribution in [0.5, 0.6) is 5.75 Å². The van der Waals surface area contributed by atoms with Gasteiger partial charge in [0, 0.05) is 44.0 Å². The van der Waals surface area contributed by atoms with Crippen LogP contribution in [0.2, 0.25) is 0 Å². The fraction of sp³-hybridized carbons (Fsp3) is 0.226. The number of methoxy groups -OCH3 is 1. The van der Waals surface area contributed by atoms with Crippen molar-refractivity contribution in [2.75, 3.05) is 52.2 Å². The van der Waals surface area contributed by atoms with Gasteiger partial charge in [-0.15, -0.1) is 0 Å². The third-order valence-electron chi connectivity index (χ3n) is 6.61. The van der Waals surface area contributed by atoms with Crippen molar-refractivity contribution in [3.05, 3.63) is 102 Å². The number of nitrogens with two attached hydrogens (primary N) is 1. The largest absolute Gasteiger partial charge is 0.500 e. The smallest absolute Gasteiger partial charge is 0.243 e. The van der Waals surface area contributed by atoms with E-state index in [1.165, 1.54) is 6.26 Å². The first-order valence-corrected chi connectivity index (χ1v) is 14.3. The Morgan fingerprint density at radius 1 is 0.846 bits per heavy atom. The van der Waals surface area contributed by atoms with Gasteiger partial charge in [-0.25, -0.2) is 8.42 Å². The zero-order valence-corrected chi connectivity index (χ0v) is 23.0. The molecule has 0 spiro atoms. The van der Waals surface area contributed by atoms with Crippen molar-refractivity contribution in [2.45, 2.75) is 4.90 Å². The molecule has 0 amide bonds. The maximum Gasteiger partial charge on any atom is 0.243 e. The quantitative estimate of drug-likeness (QED) is 0.156. The Labute approximate surface area is 231 Å². The summed E-state index contributed by atoms with van der Waals surface area (Å²) >= 11 is 0. The molecule has 0 aromatic heterocycles. The minimum atomic E-state index is -3.53. The highest BCUT2D eigenvalue weighted by Gasteiger charge is 2.28. The number of hydrogen-bond donors (Lipinski definition) is 1. The van der Waals surface area contributed by atoms with E-state index in [0.29, 0.717) is 37.7 Å². The Morgan fingerprint density at radius 3 is 2.08 bits per heavy atom. The first kappa shape index (κ1) is 28.2. The standard InChI is InChI=1S/C31H35N3O4S/c1-3-38-23-22-33-18-20-34(21-19-33)39(35,36)30-16-10-25(11-17-30)4-5-27-7-13-28(31(24-27)37-2)12-6-26-8-14-29(32)15-9-26/h3-17,24H,1,18-23,32H2,2H3/b5-4+,12-6+.